The van der Waals surface area contributed by atoms with Gasteiger partial charge in [-0.25, -0.2) is 18.0 Å². The van der Waals surface area contributed by atoms with Gasteiger partial charge in [0.05, 0.1) is 18.5 Å². The lowest BCUT2D eigenvalue weighted by atomic mass is 9.86. The normalized spacial score (nSPS) is 19.0. The van der Waals surface area contributed by atoms with Crippen LogP contribution in [0, 0.1) is 28.8 Å². The van der Waals surface area contributed by atoms with Crippen LogP contribution in [-0.2, 0) is 10.3 Å². The molecule has 0 bridgehead atoms. The maximum atomic E-state index is 14.1. The van der Waals surface area contributed by atoms with E-state index in [-0.39, 0.29) is 18.0 Å². The molecule has 3 aromatic carbocycles. The van der Waals surface area contributed by atoms with Crippen molar-refractivity contribution in [1.82, 2.24) is 4.90 Å². The Morgan fingerprint density at radius 2 is 1.70 bits per heavy atom. The fourth-order valence-corrected chi connectivity index (χ4v) is 4.18. The summed E-state index contributed by atoms with van der Waals surface area (Å²) in [7, 11) is 0. The number of nitrogens with zero attached hydrogens (tertiary/aromatic N) is 2. The quantitative estimate of drug-likeness (QED) is 0.447. The lowest BCUT2D eigenvalue weighted by molar-refractivity contribution is -0.0579. The molecule has 7 heteroatoms. The Bertz CT molecular complexity index is 1210. The standard InChI is InChI=1S/C26H21F3N2O2/c1-17(18-2-4-19(5-3-18)23-11-10-22(28)16-24(23)29)31-15-13-26(12-14-30,33-25(31)32)20-6-8-21(27)9-7-20/h2-11,16-17H,12-13,15H2,1H3/t17-,26?/m0/s1. The Morgan fingerprint density at radius 1 is 1.03 bits per heavy atom. The number of halogens is 3. The summed E-state index contributed by atoms with van der Waals surface area (Å²) in [5, 5.41) is 9.32. The van der Waals surface area contributed by atoms with E-state index in [4.69, 9.17) is 4.74 Å². The van der Waals surface area contributed by atoms with Crippen molar-refractivity contribution in [1.29, 1.82) is 5.26 Å². The Hall–Kier alpha value is -3.79. The Kier molecular flexibility index (Phi) is 6.10. The van der Waals surface area contributed by atoms with E-state index < -0.39 is 29.1 Å². The van der Waals surface area contributed by atoms with Crippen LogP contribution in [0.1, 0.15) is 36.9 Å². The van der Waals surface area contributed by atoms with Gasteiger partial charge in [0.15, 0.2) is 5.60 Å². The van der Waals surface area contributed by atoms with Crippen LogP contribution in [0.25, 0.3) is 11.1 Å². The molecule has 1 saturated heterocycles. The number of carbonyl (C=O) groups excluding carboxylic acids is 1. The van der Waals surface area contributed by atoms with Gasteiger partial charge in [-0.05, 0) is 47.9 Å². The molecule has 0 aliphatic carbocycles. The predicted octanol–water partition coefficient (Wildman–Crippen LogP) is 6.48. The third kappa shape index (κ3) is 4.42. The Balaban J connectivity index is 1.53. The smallest absolute Gasteiger partial charge is 0.411 e. The van der Waals surface area contributed by atoms with Crippen LogP contribution in [0.15, 0.2) is 66.7 Å². The van der Waals surface area contributed by atoms with E-state index in [1.165, 1.54) is 36.4 Å². The fourth-order valence-electron chi connectivity index (χ4n) is 4.18. The van der Waals surface area contributed by atoms with Crippen LogP contribution in [-0.4, -0.2) is 17.5 Å². The lowest BCUT2D eigenvalue weighted by Crippen LogP contribution is -2.48. The number of hydrogen-bond acceptors (Lipinski definition) is 3. The topological polar surface area (TPSA) is 53.3 Å². The molecule has 4 rings (SSSR count). The SMILES string of the molecule is C[C@@H](c1ccc(-c2ccc(F)cc2F)cc1)N1CCC(CC#N)(c2ccc(F)cc2)OC1=O. The average molecular weight is 450 g/mol. The second-order valence-electron chi connectivity index (χ2n) is 8.07. The molecule has 2 atom stereocenters. The van der Waals surface area contributed by atoms with Crippen LogP contribution < -0.4 is 0 Å². The van der Waals surface area contributed by atoms with Crippen molar-refractivity contribution in [3.63, 3.8) is 0 Å². The molecular formula is C26H21F3N2O2. The zero-order valence-corrected chi connectivity index (χ0v) is 17.9. The van der Waals surface area contributed by atoms with Crippen LogP contribution in [0.4, 0.5) is 18.0 Å². The van der Waals surface area contributed by atoms with E-state index in [0.29, 0.717) is 24.1 Å². The fraction of sp³-hybridized carbons (Fsp3) is 0.231. The maximum absolute atomic E-state index is 14.1. The predicted molar refractivity (Wildman–Crippen MR) is 116 cm³/mol. The van der Waals surface area contributed by atoms with Gasteiger partial charge in [-0.3, -0.25) is 0 Å². The van der Waals surface area contributed by atoms with Gasteiger partial charge in [-0.2, -0.15) is 5.26 Å². The molecule has 168 valence electrons. The van der Waals surface area contributed by atoms with Gasteiger partial charge in [0.1, 0.15) is 17.5 Å². The summed E-state index contributed by atoms with van der Waals surface area (Å²) >= 11 is 0. The molecule has 1 heterocycles. The zero-order chi connectivity index (χ0) is 23.6. The number of amides is 1. The molecule has 1 amide bonds. The first-order valence-corrected chi connectivity index (χ1v) is 10.5. The minimum absolute atomic E-state index is 0.0372. The van der Waals surface area contributed by atoms with Crippen molar-refractivity contribution < 1.29 is 22.7 Å². The highest BCUT2D eigenvalue weighted by atomic mass is 19.1. The van der Waals surface area contributed by atoms with Gasteiger partial charge >= 0.3 is 6.09 Å². The second kappa shape index (κ2) is 8.99. The van der Waals surface area contributed by atoms with Crippen molar-refractivity contribution in [2.45, 2.75) is 31.4 Å². The number of benzene rings is 3. The highest BCUT2D eigenvalue weighted by molar-refractivity contribution is 5.70. The number of rotatable bonds is 5. The van der Waals surface area contributed by atoms with Gasteiger partial charge in [0, 0.05) is 24.6 Å². The molecule has 1 aliphatic heterocycles. The molecule has 4 nitrogen and oxygen atoms in total. The van der Waals surface area contributed by atoms with Crippen LogP contribution in [0.2, 0.25) is 0 Å². The number of hydrogen-bond donors (Lipinski definition) is 0. The molecule has 0 N–H and O–H groups in total. The van der Waals surface area contributed by atoms with Gasteiger partial charge < -0.3 is 9.64 Å². The van der Waals surface area contributed by atoms with E-state index in [2.05, 4.69) is 6.07 Å². The Labute approximate surface area is 189 Å². The van der Waals surface area contributed by atoms with E-state index in [1.807, 2.05) is 6.92 Å². The molecule has 0 aromatic heterocycles. The van der Waals surface area contributed by atoms with Gasteiger partial charge in [-0.1, -0.05) is 36.4 Å². The summed E-state index contributed by atoms with van der Waals surface area (Å²) < 4.78 is 46.4. The molecule has 3 aromatic rings. The number of nitriles is 1. The molecule has 0 radical (unpaired) electrons. The third-order valence-corrected chi connectivity index (χ3v) is 6.11. The maximum Gasteiger partial charge on any atom is 0.411 e. The molecule has 0 saturated carbocycles. The van der Waals surface area contributed by atoms with E-state index in [0.717, 1.165) is 11.6 Å². The van der Waals surface area contributed by atoms with Crippen molar-refractivity contribution in [3.05, 3.63) is 95.3 Å². The minimum atomic E-state index is -1.13. The summed E-state index contributed by atoms with van der Waals surface area (Å²) in [5.41, 5.74) is 1.15. The average Bonchev–Trinajstić information content (AvgIpc) is 2.79. The zero-order valence-electron chi connectivity index (χ0n) is 17.9. The lowest BCUT2D eigenvalue weighted by Gasteiger charge is -2.42. The van der Waals surface area contributed by atoms with Crippen LogP contribution in [0.5, 0.6) is 0 Å². The van der Waals surface area contributed by atoms with Crippen LogP contribution >= 0.6 is 0 Å². The summed E-state index contributed by atoms with van der Waals surface area (Å²) in [6, 6.07) is 17.8. The van der Waals surface area contributed by atoms with E-state index >= 15 is 0 Å². The summed E-state index contributed by atoms with van der Waals surface area (Å²) in [5.74, 6) is -1.70. The van der Waals surface area contributed by atoms with E-state index in [1.54, 1.807) is 29.2 Å². The van der Waals surface area contributed by atoms with Gasteiger partial charge in [0.2, 0.25) is 0 Å². The van der Waals surface area contributed by atoms with E-state index in [9.17, 15) is 23.2 Å². The molecule has 33 heavy (non-hydrogen) atoms. The van der Waals surface area contributed by atoms with Gasteiger partial charge in [-0.15, -0.1) is 0 Å². The highest BCUT2D eigenvalue weighted by Crippen LogP contribution is 2.39. The van der Waals surface area contributed by atoms with Crippen molar-refractivity contribution in [3.8, 4) is 17.2 Å². The van der Waals surface area contributed by atoms with Crippen molar-refractivity contribution in [2.75, 3.05) is 6.54 Å². The number of cyclic esters (lactones) is 1. The summed E-state index contributed by atoms with van der Waals surface area (Å²) in [4.78, 5) is 14.5. The third-order valence-electron chi connectivity index (χ3n) is 6.11. The first kappa shape index (κ1) is 22.4. The first-order chi connectivity index (χ1) is 15.8. The summed E-state index contributed by atoms with van der Waals surface area (Å²) in [6.45, 7) is 2.19. The van der Waals surface area contributed by atoms with Crippen LogP contribution in [0.3, 0.4) is 0 Å². The monoisotopic (exact) mass is 450 g/mol. The second-order valence-corrected chi connectivity index (χ2v) is 8.07. The molecule has 1 fully saturated rings. The highest BCUT2D eigenvalue weighted by Gasteiger charge is 2.43. The largest absolute Gasteiger partial charge is 0.437 e. The number of ether oxygens (including phenoxy) is 1. The Morgan fingerprint density at radius 3 is 2.30 bits per heavy atom. The molecular weight excluding hydrogens is 429 g/mol. The van der Waals surface area contributed by atoms with Gasteiger partial charge in [0.25, 0.3) is 0 Å². The molecule has 1 aliphatic rings. The molecule has 0 spiro atoms. The van der Waals surface area contributed by atoms with Crippen molar-refractivity contribution >= 4 is 6.09 Å². The summed E-state index contributed by atoms with van der Waals surface area (Å²) in [6.07, 6.45) is -0.229. The van der Waals surface area contributed by atoms with Crippen molar-refractivity contribution in [2.24, 2.45) is 0 Å². The first-order valence-electron chi connectivity index (χ1n) is 10.5. The minimum Gasteiger partial charge on any atom is -0.437 e. The number of carbonyl (C=O) groups is 1. The molecule has 1 unspecified atom stereocenters.